The Bertz CT molecular complexity index is 457. The molecule has 1 aliphatic rings. The summed E-state index contributed by atoms with van der Waals surface area (Å²) in [7, 11) is 0. The molecule has 1 saturated carbocycles. The van der Waals surface area contributed by atoms with Crippen LogP contribution in [0.4, 0.5) is 0 Å². The van der Waals surface area contributed by atoms with E-state index in [1.54, 1.807) is 18.2 Å². The minimum Gasteiger partial charge on any atom is -0.481 e. The number of amides is 1. The van der Waals surface area contributed by atoms with Gasteiger partial charge in [0.1, 0.15) is 5.76 Å². The van der Waals surface area contributed by atoms with E-state index in [0.29, 0.717) is 18.6 Å². The summed E-state index contributed by atoms with van der Waals surface area (Å²) in [5.41, 5.74) is -0.756. The van der Waals surface area contributed by atoms with Crippen LogP contribution in [0.2, 0.25) is 0 Å². The first kappa shape index (κ1) is 12.4. The molecule has 5 heteroatoms. The second kappa shape index (κ2) is 5.08. The minimum absolute atomic E-state index is 0.184. The Labute approximate surface area is 104 Å². The Kier molecular flexibility index (Phi) is 3.50. The Morgan fingerprint density at radius 1 is 1.50 bits per heavy atom. The lowest BCUT2D eigenvalue weighted by molar-refractivity contribution is -0.154. The summed E-state index contributed by atoms with van der Waals surface area (Å²) < 4.78 is 5.04. The number of carbonyl (C=O) groups is 2. The molecular formula is C13H15NO4. The van der Waals surface area contributed by atoms with E-state index in [4.69, 9.17) is 9.52 Å². The molecule has 0 saturated heterocycles. The molecule has 1 amide bonds. The highest BCUT2D eigenvalue weighted by Gasteiger charge is 2.44. The molecule has 5 nitrogen and oxygen atoms in total. The summed E-state index contributed by atoms with van der Waals surface area (Å²) in [6.45, 7) is 0.184. The number of nitrogens with one attached hydrogen (secondary N) is 1. The van der Waals surface area contributed by atoms with Crippen LogP contribution in [0.1, 0.15) is 25.0 Å². The summed E-state index contributed by atoms with van der Waals surface area (Å²) in [6.07, 6.45) is 6.57. The highest BCUT2D eigenvalue weighted by Crippen LogP contribution is 2.40. The molecule has 2 N–H and O–H groups in total. The summed E-state index contributed by atoms with van der Waals surface area (Å²) in [4.78, 5) is 22.6. The Balaban J connectivity index is 1.83. The maximum atomic E-state index is 11.5. The smallest absolute Gasteiger partial charge is 0.311 e. The fourth-order valence-electron chi connectivity index (χ4n) is 1.93. The van der Waals surface area contributed by atoms with Crippen molar-refractivity contribution in [3.05, 3.63) is 30.2 Å². The van der Waals surface area contributed by atoms with Crippen molar-refractivity contribution in [3.63, 3.8) is 0 Å². The summed E-state index contributed by atoms with van der Waals surface area (Å²) in [5, 5.41) is 11.7. The second-order valence-electron chi connectivity index (χ2n) is 4.51. The number of carboxylic acids is 1. The normalized spacial score (nSPS) is 17.3. The zero-order valence-corrected chi connectivity index (χ0v) is 9.89. The number of hydrogen-bond acceptors (Lipinski definition) is 3. The molecule has 0 aliphatic heterocycles. The van der Waals surface area contributed by atoms with Gasteiger partial charge in [-0.05, 0) is 31.1 Å². The standard InChI is InChI=1S/C13H15NO4/c15-11(5-4-10-3-1-8-18-10)14-9-13(12(16)17)6-2-7-13/h1,3-5,8H,2,6-7,9H2,(H,14,15)(H,16,17)/b5-4+. The van der Waals surface area contributed by atoms with Gasteiger partial charge < -0.3 is 14.8 Å². The van der Waals surface area contributed by atoms with Gasteiger partial charge in [0.05, 0.1) is 11.7 Å². The third kappa shape index (κ3) is 2.61. The first-order valence-electron chi connectivity index (χ1n) is 5.85. The Morgan fingerprint density at radius 2 is 2.28 bits per heavy atom. The maximum Gasteiger partial charge on any atom is 0.311 e. The molecule has 1 aliphatic carbocycles. The van der Waals surface area contributed by atoms with Gasteiger partial charge in [-0.3, -0.25) is 9.59 Å². The number of carbonyl (C=O) groups excluding carboxylic acids is 1. The molecule has 0 radical (unpaired) electrons. The van der Waals surface area contributed by atoms with Gasteiger partial charge in [0, 0.05) is 12.6 Å². The Morgan fingerprint density at radius 3 is 2.78 bits per heavy atom. The van der Waals surface area contributed by atoms with Crippen molar-refractivity contribution in [2.75, 3.05) is 6.54 Å². The topological polar surface area (TPSA) is 79.5 Å². The quantitative estimate of drug-likeness (QED) is 0.778. The van der Waals surface area contributed by atoms with Crippen molar-refractivity contribution in [2.24, 2.45) is 5.41 Å². The second-order valence-corrected chi connectivity index (χ2v) is 4.51. The highest BCUT2D eigenvalue weighted by atomic mass is 16.4. The van der Waals surface area contributed by atoms with Gasteiger partial charge in [-0.25, -0.2) is 0 Å². The van der Waals surface area contributed by atoms with Crippen molar-refractivity contribution in [2.45, 2.75) is 19.3 Å². The van der Waals surface area contributed by atoms with Gasteiger partial charge >= 0.3 is 5.97 Å². The SMILES string of the molecule is O=C(/C=C/c1ccco1)NCC1(C(=O)O)CCC1. The average molecular weight is 249 g/mol. The predicted octanol–water partition coefficient (Wildman–Crippen LogP) is 1.66. The van der Waals surface area contributed by atoms with Gasteiger partial charge in [-0.2, -0.15) is 0 Å². The van der Waals surface area contributed by atoms with Crippen LogP contribution in [0.5, 0.6) is 0 Å². The number of furan rings is 1. The lowest BCUT2D eigenvalue weighted by Gasteiger charge is -2.37. The van der Waals surface area contributed by atoms with Crippen LogP contribution in [0, 0.1) is 5.41 Å². The number of aliphatic carboxylic acids is 1. The van der Waals surface area contributed by atoms with Crippen molar-refractivity contribution < 1.29 is 19.1 Å². The molecule has 1 heterocycles. The summed E-state index contributed by atoms with van der Waals surface area (Å²) in [5.74, 6) is -0.551. The zero-order chi connectivity index (χ0) is 13.0. The van der Waals surface area contributed by atoms with Gasteiger partial charge in [-0.15, -0.1) is 0 Å². The van der Waals surface area contributed by atoms with Gasteiger partial charge in [0.25, 0.3) is 0 Å². The number of carboxylic acid groups (broad SMARTS) is 1. The van der Waals surface area contributed by atoms with Crippen LogP contribution in [0.25, 0.3) is 6.08 Å². The third-order valence-electron chi connectivity index (χ3n) is 3.31. The molecule has 0 spiro atoms. The van der Waals surface area contributed by atoms with Gasteiger partial charge in [-0.1, -0.05) is 6.42 Å². The molecular weight excluding hydrogens is 234 g/mol. The van der Waals surface area contributed by atoms with E-state index < -0.39 is 11.4 Å². The van der Waals surface area contributed by atoms with E-state index in [0.717, 1.165) is 6.42 Å². The van der Waals surface area contributed by atoms with Crippen molar-refractivity contribution in [1.82, 2.24) is 5.32 Å². The monoisotopic (exact) mass is 249 g/mol. The van der Waals surface area contributed by atoms with Crippen LogP contribution >= 0.6 is 0 Å². The summed E-state index contributed by atoms with van der Waals surface area (Å²) in [6, 6.07) is 3.46. The van der Waals surface area contributed by atoms with E-state index in [1.807, 2.05) is 0 Å². The van der Waals surface area contributed by atoms with Crippen molar-refractivity contribution >= 4 is 18.0 Å². The van der Waals surface area contributed by atoms with Crippen LogP contribution in [-0.2, 0) is 9.59 Å². The van der Waals surface area contributed by atoms with E-state index in [-0.39, 0.29) is 12.5 Å². The largest absolute Gasteiger partial charge is 0.481 e. The lowest BCUT2D eigenvalue weighted by atomic mass is 9.69. The van der Waals surface area contributed by atoms with E-state index >= 15 is 0 Å². The van der Waals surface area contributed by atoms with E-state index in [9.17, 15) is 9.59 Å². The van der Waals surface area contributed by atoms with E-state index in [2.05, 4.69) is 5.32 Å². The molecule has 0 unspecified atom stereocenters. The molecule has 1 aromatic rings. The molecule has 1 aromatic heterocycles. The van der Waals surface area contributed by atoms with Gasteiger partial charge in [0.2, 0.25) is 5.91 Å². The first-order chi connectivity index (χ1) is 8.62. The molecule has 1 fully saturated rings. The molecule has 0 atom stereocenters. The van der Waals surface area contributed by atoms with Crippen LogP contribution in [0.3, 0.4) is 0 Å². The molecule has 0 bridgehead atoms. The van der Waals surface area contributed by atoms with Gasteiger partial charge in [0.15, 0.2) is 0 Å². The van der Waals surface area contributed by atoms with Crippen LogP contribution < -0.4 is 5.32 Å². The molecule has 96 valence electrons. The van der Waals surface area contributed by atoms with Crippen molar-refractivity contribution in [3.8, 4) is 0 Å². The predicted molar refractivity (Wildman–Crippen MR) is 64.7 cm³/mol. The number of hydrogen-bond donors (Lipinski definition) is 2. The average Bonchev–Trinajstić information content (AvgIpc) is 2.77. The fourth-order valence-corrected chi connectivity index (χ4v) is 1.93. The minimum atomic E-state index is -0.830. The lowest BCUT2D eigenvalue weighted by Crippen LogP contribution is -2.47. The van der Waals surface area contributed by atoms with Crippen LogP contribution in [0.15, 0.2) is 28.9 Å². The molecule has 0 aromatic carbocycles. The first-order valence-corrected chi connectivity index (χ1v) is 5.85. The third-order valence-corrected chi connectivity index (χ3v) is 3.31. The zero-order valence-electron chi connectivity index (χ0n) is 9.89. The Hall–Kier alpha value is -2.04. The highest BCUT2D eigenvalue weighted by molar-refractivity contribution is 5.91. The fraction of sp³-hybridized carbons (Fsp3) is 0.385. The molecule has 18 heavy (non-hydrogen) atoms. The number of rotatable bonds is 5. The summed E-state index contributed by atoms with van der Waals surface area (Å²) >= 11 is 0. The maximum absolute atomic E-state index is 11.5. The van der Waals surface area contributed by atoms with E-state index in [1.165, 1.54) is 12.3 Å². The van der Waals surface area contributed by atoms with Crippen LogP contribution in [-0.4, -0.2) is 23.5 Å². The van der Waals surface area contributed by atoms with Crippen molar-refractivity contribution in [1.29, 1.82) is 0 Å². The molecule has 2 rings (SSSR count).